The van der Waals surface area contributed by atoms with E-state index < -0.39 is 0 Å². The number of hydrogen-bond donors (Lipinski definition) is 1. The Balaban J connectivity index is 2.04. The zero-order valence-corrected chi connectivity index (χ0v) is 9.90. The van der Waals surface area contributed by atoms with Gasteiger partial charge in [-0.3, -0.25) is 4.68 Å². The number of aromatic nitrogens is 2. The van der Waals surface area contributed by atoms with Gasteiger partial charge in [-0.05, 0) is 37.3 Å². The van der Waals surface area contributed by atoms with Crippen LogP contribution in [0.15, 0.2) is 12.3 Å². The molecule has 1 aromatic rings. The second kappa shape index (κ2) is 4.35. The van der Waals surface area contributed by atoms with Crippen molar-refractivity contribution in [2.24, 2.45) is 18.9 Å². The third-order valence-corrected chi connectivity index (χ3v) is 3.27. The molecule has 0 amide bonds. The Kier molecular flexibility index (Phi) is 3.10. The van der Waals surface area contributed by atoms with Crippen molar-refractivity contribution >= 4 is 0 Å². The summed E-state index contributed by atoms with van der Waals surface area (Å²) in [6.45, 7) is 5.62. The first-order valence-electron chi connectivity index (χ1n) is 5.95. The number of rotatable bonds is 5. The van der Waals surface area contributed by atoms with Crippen molar-refractivity contribution in [2.75, 3.05) is 6.54 Å². The Morgan fingerprint density at radius 3 is 2.87 bits per heavy atom. The third kappa shape index (κ3) is 2.40. The van der Waals surface area contributed by atoms with Gasteiger partial charge >= 0.3 is 0 Å². The molecule has 0 radical (unpaired) electrons. The van der Waals surface area contributed by atoms with Crippen LogP contribution in [0.1, 0.15) is 38.4 Å². The van der Waals surface area contributed by atoms with Crippen molar-refractivity contribution < 1.29 is 0 Å². The minimum absolute atomic E-state index is 0.473. The van der Waals surface area contributed by atoms with Crippen LogP contribution in [0, 0.1) is 11.8 Å². The molecule has 1 fully saturated rings. The Bertz CT molecular complexity index is 318. The monoisotopic (exact) mass is 207 g/mol. The van der Waals surface area contributed by atoms with Gasteiger partial charge in [0.1, 0.15) is 0 Å². The molecule has 1 saturated carbocycles. The van der Waals surface area contributed by atoms with Gasteiger partial charge in [0.2, 0.25) is 0 Å². The highest BCUT2D eigenvalue weighted by Crippen LogP contribution is 2.46. The van der Waals surface area contributed by atoms with Crippen LogP contribution < -0.4 is 5.32 Å². The molecule has 3 nitrogen and oxygen atoms in total. The van der Waals surface area contributed by atoms with E-state index in [0.29, 0.717) is 6.04 Å². The number of aryl methyl sites for hydroxylation is 1. The average Bonchev–Trinajstić information content (AvgIpc) is 2.75. The minimum atomic E-state index is 0.473. The summed E-state index contributed by atoms with van der Waals surface area (Å²) in [4.78, 5) is 0. The van der Waals surface area contributed by atoms with E-state index in [4.69, 9.17) is 0 Å². The summed E-state index contributed by atoms with van der Waals surface area (Å²) in [5, 5.41) is 8.13. The second-order valence-corrected chi connectivity index (χ2v) is 4.72. The molecule has 0 aliphatic heterocycles. The molecule has 15 heavy (non-hydrogen) atoms. The van der Waals surface area contributed by atoms with Crippen molar-refractivity contribution in [3.05, 3.63) is 18.0 Å². The van der Waals surface area contributed by atoms with Gasteiger partial charge in [0.25, 0.3) is 0 Å². The fourth-order valence-corrected chi connectivity index (χ4v) is 2.19. The maximum atomic E-state index is 4.51. The van der Waals surface area contributed by atoms with Crippen molar-refractivity contribution in [1.29, 1.82) is 0 Å². The van der Waals surface area contributed by atoms with E-state index in [1.165, 1.54) is 18.5 Å². The van der Waals surface area contributed by atoms with E-state index in [1.807, 2.05) is 17.9 Å². The summed E-state index contributed by atoms with van der Waals surface area (Å²) in [5.41, 5.74) is 1.21. The predicted octanol–water partition coefficient (Wildman–Crippen LogP) is 2.12. The lowest BCUT2D eigenvalue weighted by Gasteiger charge is -2.16. The van der Waals surface area contributed by atoms with E-state index in [1.54, 1.807) is 0 Å². The maximum Gasteiger partial charge on any atom is 0.0796 e. The van der Waals surface area contributed by atoms with Crippen LogP contribution in [0.5, 0.6) is 0 Å². The highest BCUT2D eigenvalue weighted by molar-refractivity contribution is 5.11. The fourth-order valence-electron chi connectivity index (χ4n) is 2.19. The molecule has 1 N–H and O–H groups in total. The van der Waals surface area contributed by atoms with Crippen LogP contribution in [0.25, 0.3) is 0 Å². The number of nitrogens with zero attached hydrogens (tertiary/aromatic N) is 2. The van der Waals surface area contributed by atoms with Gasteiger partial charge in [-0.2, -0.15) is 5.10 Å². The first-order chi connectivity index (χ1) is 7.22. The summed E-state index contributed by atoms with van der Waals surface area (Å²) >= 11 is 0. The highest BCUT2D eigenvalue weighted by atomic mass is 15.3. The number of nitrogens with one attached hydrogen (secondary N) is 1. The Labute approximate surface area is 91.9 Å². The molecule has 1 aliphatic rings. The summed E-state index contributed by atoms with van der Waals surface area (Å²) in [5.74, 6) is 1.66. The van der Waals surface area contributed by atoms with E-state index >= 15 is 0 Å². The lowest BCUT2D eigenvalue weighted by molar-refractivity contribution is 0.449. The summed E-state index contributed by atoms with van der Waals surface area (Å²) < 4.78 is 1.89. The van der Waals surface area contributed by atoms with Gasteiger partial charge in [0.15, 0.2) is 0 Å². The van der Waals surface area contributed by atoms with Crippen LogP contribution in [0.2, 0.25) is 0 Å². The quantitative estimate of drug-likeness (QED) is 0.801. The molecule has 3 unspecified atom stereocenters. The molecule has 3 atom stereocenters. The third-order valence-electron chi connectivity index (χ3n) is 3.27. The molecule has 3 heteroatoms. The first-order valence-corrected chi connectivity index (χ1v) is 5.95. The molecule has 0 saturated heterocycles. The van der Waals surface area contributed by atoms with Crippen molar-refractivity contribution in [2.45, 2.75) is 32.7 Å². The smallest absolute Gasteiger partial charge is 0.0796 e. The first kappa shape index (κ1) is 10.7. The Morgan fingerprint density at radius 2 is 2.40 bits per heavy atom. The average molecular weight is 207 g/mol. The predicted molar refractivity (Wildman–Crippen MR) is 61.5 cm³/mol. The largest absolute Gasteiger partial charge is 0.308 e. The lowest BCUT2D eigenvalue weighted by atomic mass is 10.1. The summed E-state index contributed by atoms with van der Waals surface area (Å²) in [6, 6.07) is 2.61. The maximum absolute atomic E-state index is 4.51. The molecular weight excluding hydrogens is 186 g/mol. The molecule has 1 aliphatic carbocycles. The van der Waals surface area contributed by atoms with E-state index in [0.717, 1.165) is 18.4 Å². The summed E-state index contributed by atoms with van der Waals surface area (Å²) in [6.07, 6.45) is 4.56. The molecule has 1 aromatic heterocycles. The van der Waals surface area contributed by atoms with Crippen LogP contribution >= 0.6 is 0 Å². The van der Waals surface area contributed by atoms with Crippen LogP contribution in [0.3, 0.4) is 0 Å². The van der Waals surface area contributed by atoms with Gasteiger partial charge in [-0.15, -0.1) is 0 Å². The minimum Gasteiger partial charge on any atom is -0.308 e. The van der Waals surface area contributed by atoms with Crippen molar-refractivity contribution in [1.82, 2.24) is 15.1 Å². The zero-order valence-electron chi connectivity index (χ0n) is 9.90. The Hall–Kier alpha value is -0.830. The van der Waals surface area contributed by atoms with Gasteiger partial charge in [0, 0.05) is 13.2 Å². The van der Waals surface area contributed by atoms with Crippen LogP contribution in [0.4, 0.5) is 0 Å². The van der Waals surface area contributed by atoms with E-state index in [9.17, 15) is 0 Å². The zero-order chi connectivity index (χ0) is 10.8. The van der Waals surface area contributed by atoms with Gasteiger partial charge in [0.05, 0.1) is 11.7 Å². The Morgan fingerprint density at radius 1 is 1.67 bits per heavy atom. The molecule has 2 rings (SSSR count). The van der Waals surface area contributed by atoms with Crippen LogP contribution in [-0.4, -0.2) is 16.3 Å². The van der Waals surface area contributed by atoms with E-state index in [-0.39, 0.29) is 0 Å². The van der Waals surface area contributed by atoms with Crippen molar-refractivity contribution in [3.8, 4) is 0 Å². The molecule has 1 heterocycles. The molecule has 0 aromatic carbocycles. The summed E-state index contributed by atoms with van der Waals surface area (Å²) in [7, 11) is 1.98. The fraction of sp³-hybridized carbons (Fsp3) is 0.750. The van der Waals surface area contributed by atoms with Crippen LogP contribution in [-0.2, 0) is 7.05 Å². The molecule has 84 valence electrons. The van der Waals surface area contributed by atoms with Gasteiger partial charge in [-0.1, -0.05) is 13.8 Å². The normalized spacial score (nSPS) is 26.6. The molecular formula is C12H21N3. The standard InChI is InChI=1S/C12H21N3/c1-4-6-13-12(10-8-9(10)2)11-5-7-15(3)14-11/h5,7,9-10,12-13H,4,6,8H2,1-3H3. The number of hydrogen-bond acceptors (Lipinski definition) is 2. The molecule has 0 spiro atoms. The lowest BCUT2D eigenvalue weighted by Crippen LogP contribution is -2.25. The highest BCUT2D eigenvalue weighted by Gasteiger charge is 2.40. The topological polar surface area (TPSA) is 29.9 Å². The van der Waals surface area contributed by atoms with Gasteiger partial charge in [-0.25, -0.2) is 0 Å². The SMILES string of the molecule is CCCNC(c1ccn(C)n1)C1CC1C. The van der Waals surface area contributed by atoms with Gasteiger partial charge < -0.3 is 5.32 Å². The second-order valence-electron chi connectivity index (χ2n) is 4.72. The van der Waals surface area contributed by atoms with E-state index in [2.05, 4.69) is 30.3 Å². The molecule has 0 bridgehead atoms. The van der Waals surface area contributed by atoms with Crippen molar-refractivity contribution in [3.63, 3.8) is 0 Å².